The minimum atomic E-state index is -1.11. The molecule has 1 saturated heterocycles. The molecule has 2 heterocycles. The van der Waals surface area contributed by atoms with Gasteiger partial charge in [-0.3, -0.25) is 9.59 Å². The second-order valence-corrected chi connectivity index (χ2v) is 6.60. The standard InChI is InChI=1S/C21H19N3O6/c1-28-14-10-6-4-8-12(14)23-19(25)16-17(21(27)30-3)22-24(18(16)20(23)26)13-9-5-7-11-15(13)29-2/h4-11,16,18H,1-3H3/t16-,18-/m0/s1. The van der Waals surface area contributed by atoms with Crippen LogP contribution in [-0.4, -0.2) is 50.9 Å². The number of nitrogens with zero attached hydrogens (tertiary/aromatic N) is 3. The molecule has 0 unspecified atom stereocenters. The minimum absolute atomic E-state index is 0.135. The molecule has 154 valence electrons. The number of para-hydroxylation sites is 4. The summed E-state index contributed by atoms with van der Waals surface area (Å²) in [5, 5.41) is 5.64. The summed E-state index contributed by atoms with van der Waals surface area (Å²) in [5.74, 6) is -2.18. The molecule has 4 rings (SSSR count). The van der Waals surface area contributed by atoms with Crippen LogP contribution in [0.1, 0.15) is 0 Å². The van der Waals surface area contributed by atoms with Crippen LogP contribution < -0.4 is 19.4 Å². The zero-order valence-electron chi connectivity index (χ0n) is 16.6. The Morgan fingerprint density at radius 2 is 1.43 bits per heavy atom. The molecule has 0 bridgehead atoms. The van der Waals surface area contributed by atoms with E-state index in [0.29, 0.717) is 22.9 Å². The van der Waals surface area contributed by atoms with Gasteiger partial charge in [0.15, 0.2) is 5.71 Å². The zero-order chi connectivity index (χ0) is 21.4. The number of benzene rings is 2. The van der Waals surface area contributed by atoms with E-state index in [1.165, 1.54) is 26.3 Å². The van der Waals surface area contributed by atoms with E-state index in [0.717, 1.165) is 4.90 Å². The second kappa shape index (κ2) is 7.51. The molecule has 2 aliphatic heterocycles. The fraction of sp³-hybridized carbons (Fsp3) is 0.238. The van der Waals surface area contributed by atoms with E-state index in [9.17, 15) is 14.4 Å². The molecule has 2 aromatic rings. The lowest BCUT2D eigenvalue weighted by atomic mass is 9.97. The van der Waals surface area contributed by atoms with Crippen LogP contribution in [0.25, 0.3) is 0 Å². The van der Waals surface area contributed by atoms with Gasteiger partial charge in [0.05, 0.1) is 27.0 Å². The summed E-state index contributed by atoms with van der Waals surface area (Å²) in [6.45, 7) is 0. The number of fused-ring (bicyclic) bond motifs is 1. The first-order chi connectivity index (χ1) is 14.5. The number of hydrogen-bond donors (Lipinski definition) is 0. The Morgan fingerprint density at radius 3 is 2.03 bits per heavy atom. The average molecular weight is 409 g/mol. The van der Waals surface area contributed by atoms with Crippen molar-refractivity contribution >= 4 is 34.9 Å². The molecule has 2 aromatic carbocycles. The summed E-state index contributed by atoms with van der Waals surface area (Å²) in [5.41, 5.74) is 0.620. The quantitative estimate of drug-likeness (QED) is 0.547. The van der Waals surface area contributed by atoms with E-state index in [1.807, 2.05) is 0 Å². The maximum absolute atomic E-state index is 13.4. The molecular weight excluding hydrogens is 390 g/mol. The van der Waals surface area contributed by atoms with Crippen LogP contribution in [0.2, 0.25) is 0 Å². The van der Waals surface area contributed by atoms with Gasteiger partial charge in [-0.15, -0.1) is 0 Å². The lowest BCUT2D eigenvalue weighted by molar-refractivity contribution is -0.133. The molecular formula is C21H19N3O6. The number of amides is 2. The van der Waals surface area contributed by atoms with E-state index in [-0.39, 0.29) is 5.71 Å². The predicted molar refractivity (Wildman–Crippen MR) is 108 cm³/mol. The van der Waals surface area contributed by atoms with Crippen LogP contribution >= 0.6 is 0 Å². The van der Waals surface area contributed by atoms with Crippen molar-refractivity contribution in [2.75, 3.05) is 31.2 Å². The van der Waals surface area contributed by atoms with Crippen LogP contribution in [0.5, 0.6) is 11.5 Å². The highest BCUT2D eigenvalue weighted by Crippen LogP contribution is 2.42. The molecule has 2 aliphatic rings. The Balaban J connectivity index is 1.85. The minimum Gasteiger partial charge on any atom is -0.495 e. The highest BCUT2D eigenvalue weighted by atomic mass is 16.5. The first-order valence-electron chi connectivity index (χ1n) is 9.13. The van der Waals surface area contributed by atoms with E-state index >= 15 is 0 Å². The van der Waals surface area contributed by atoms with E-state index in [2.05, 4.69) is 5.10 Å². The Kier molecular flexibility index (Phi) is 4.86. The molecule has 0 aromatic heterocycles. The van der Waals surface area contributed by atoms with E-state index in [1.54, 1.807) is 48.5 Å². The summed E-state index contributed by atoms with van der Waals surface area (Å²) >= 11 is 0. The van der Waals surface area contributed by atoms with Gasteiger partial charge in [0.1, 0.15) is 29.1 Å². The predicted octanol–water partition coefficient (Wildman–Crippen LogP) is 1.61. The summed E-state index contributed by atoms with van der Waals surface area (Å²) in [4.78, 5) is 40.2. The van der Waals surface area contributed by atoms with Gasteiger partial charge in [-0.25, -0.2) is 14.7 Å². The fourth-order valence-corrected chi connectivity index (χ4v) is 3.76. The SMILES string of the molecule is COC(=O)C1=NN(c2ccccc2OC)[C@@H]2C(=O)N(c3ccccc3OC)C(=O)[C@@H]12. The molecule has 0 aliphatic carbocycles. The van der Waals surface area contributed by atoms with Crippen LogP contribution in [0.3, 0.4) is 0 Å². The van der Waals surface area contributed by atoms with Gasteiger partial charge in [-0.1, -0.05) is 24.3 Å². The monoisotopic (exact) mass is 409 g/mol. The highest BCUT2D eigenvalue weighted by Gasteiger charge is 2.59. The number of carbonyl (C=O) groups is 3. The maximum Gasteiger partial charge on any atom is 0.355 e. The van der Waals surface area contributed by atoms with Crippen molar-refractivity contribution in [1.82, 2.24) is 0 Å². The molecule has 9 nitrogen and oxygen atoms in total. The third kappa shape index (κ3) is 2.78. The van der Waals surface area contributed by atoms with Crippen LogP contribution in [0.4, 0.5) is 11.4 Å². The number of anilines is 2. The fourth-order valence-electron chi connectivity index (χ4n) is 3.76. The summed E-state index contributed by atoms with van der Waals surface area (Å²) in [6, 6.07) is 12.6. The summed E-state index contributed by atoms with van der Waals surface area (Å²) in [6.07, 6.45) is 0. The number of methoxy groups -OCH3 is 3. The van der Waals surface area contributed by atoms with Gasteiger partial charge in [-0.2, -0.15) is 5.10 Å². The third-order valence-electron chi connectivity index (χ3n) is 5.10. The Labute approximate surface area is 172 Å². The summed E-state index contributed by atoms with van der Waals surface area (Å²) < 4.78 is 15.5. The number of carbonyl (C=O) groups excluding carboxylic acids is 3. The van der Waals surface area contributed by atoms with Crippen molar-refractivity contribution in [3.05, 3.63) is 48.5 Å². The van der Waals surface area contributed by atoms with Crippen molar-refractivity contribution < 1.29 is 28.6 Å². The molecule has 0 spiro atoms. The lowest BCUT2D eigenvalue weighted by Gasteiger charge is -2.24. The zero-order valence-corrected chi connectivity index (χ0v) is 16.6. The van der Waals surface area contributed by atoms with Gasteiger partial charge in [0.25, 0.3) is 5.91 Å². The molecule has 30 heavy (non-hydrogen) atoms. The number of ether oxygens (including phenoxy) is 3. The average Bonchev–Trinajstić information content (AvgIpc) is 3.30. The van der Waals surface area contributed by atoms with Gasteiger partial charge in [-0.05, 0) is 24.3 Å². The second-order valence-electron chi connectivity index (χ2n) is 6.60. The highest BCUT2D eigenvalue weighted by molar-refractivity contribution is 6.47. The Hall–Kier alpha value is -3.88. The van der Waals surface area contributed by atoms with Gasteiger partial charge in [0.2, 0.25) is 5.91 Å². The summed E-state index contributed by atoms with van der Waals surface area (Å²) in [7, 11) is 4.14. The first-order valence-corrected chi connectivity index (χ1v) is 9.13. The normalized spacial score (nSPS) is 20.2. The van der Waals surface area contributed by atoms with Crippen molar-refractivity contribution in [2.24, 2.45) is 11.0 Å². The van der Waals surface area contributed by atoms with Crippen molar-refractivity contribution in [3.8, 4) is 11.5 Å². The largest absolute Gasteiger partial charge is 0.495 e. The van der Waals surface area contributed by atoms with Crippen LogP contribution in [0, 0.1) is 5.92 Å². The van der Waals surface area contributed by atoms with Crippen molar-refractivity contribution in [3.63, 3.8) is 0 Å². The molecule has 0 radical (unpaired) electrons. The van der Waals surface area contributed by atoms with Crippen LogP contribution in [-0.2, 0) is 19.1 Å². The first kappa shape index (κ1) is 19.4. The van der Waals surface area contributed by atoms with Crippen LogP contribution in [0.15, 0.2) is 53.6 Å². The molecule has 0 saturated carbocycles. The number of hydrogen-bond acceptors (Lipinski definition) is 8. The molecule has 9 heteroatoms. The number of rotatable bonds is 5. The van der Waals surface area contributed by atoms with Crippen molar-refractivity contribution in [2.45, 2.75) is 6.04 Å². The maximum atomic E-state index is 13.4. The Bertz CT molecular complexity index is 1070. The molecule has 0 N–H and O–H groups in total. The van der Waals surface area contributed by atoms with E-state index < -0.39 is 29.7 Å². The third-order valence-corrected chi connectivity index (χ3v) is 5.10. The van der Waals surface area contributed by atoms with Gasteiger partial charge < -0.3 is 14.2 Å². The van der Waals surface area contributed by atoms with Gasteiger partial charge in [0, 0.05) is 0 Å². The van der Waals surface area contributed by atoms with E-state index in [4.69, 9.17) is 14.2 Å². The Morgan fingerprint density at radius 1 is 0.867 bits per heavy atom. The lowest BCUT2D eigenvalue weighted by Crippen LogP contribution is -2.39. The van der Waals surface area contributed by atoms with Gasteiger partial charge >= 0.3 is 5.97 Å². The smallest absolute Gasteiger partial charge is 0.355 e. The molecule has 2 atom stereocenters. The topological polar surface area (TPSA) is 97.7 Å². The molecule has 2 amide bonds. The number of hydrazone groups is 1. The number of imide groups is 1. The number of esters is 1. The molecule has 1 fully saturated rings. The van der Waals surface area contributed by atoms with Crippen molar-refractivity contribution in [1.29, 1.82) is 0 Å².